The van der Waals surface area contributed by atoms with Gasteiger partial charge in [0.05, 0.1) is 6.10 Å². The predicted molar refractivity (Wildman–Crippen MR) is 67.0 cm³/mol. The van der Waals surface area contributed by atoms with E-state index in [2.05, 4.69) is 27.4 Å². The van der Waals surface area contributed by atoms with Crippen LogP contribution in [0, 0.1) is 17.8 Å². The molecule has 16 heavy (non-hydrogen) atoms. The molecule has 3 atom stereocenters. The molecule has 0 bridgehead atoms. The zero-order valence-corrected chi connectivity index (χ0v) is 11.2. The largest absolute Gasteiger partial charge is 0.233 e. The first-order chi connectivity index (χ1) is 7.50. The van der Waals surface area contributed by atoms with Crippen molar-refractivity contribution in [3.8, 4) is 0 Å². The Morgan fingerprint density at radius 1 is 1.38 bits per heavy atom. The Labute approximate surface area is 99.9 Å². The summed E-state index contributed by atoms with van der Waals surface area (Å²) in [4.78, 5) is 10.8. The second kappa shape index (κ2) is 6.41. The van der Waals surface area contributed by atoms with Gasteiger partial charge in [0.2, 0.25) is 0 Å². The molecule has 0 N–H and O–H groups in total. The Morgan fingerprint density at radius 3 is 2.62 bits per heavy atom. The molecule has 2 heteroatoms. The fourth-order valence-corrected chi connectivity index (χ4v) is 2.45. The third-order valence-corrected chi connectivity index (χ3v) is 3.46. The lowest BCUT2D eigenvalue weighted by molar-refractivity contribution is -0.336. The van der Waals surface area contributed by atoms with Crippen molar-refractivity contribution in [2.24, 2.45) is 17.8 Å². The normalized spacial score (nSPS) is 30.7. The van der Waals surface area contributed by atoms with E-state index in [0.29, 0.717) is 18.4 Å². The molecular formula is C14H26O2. The molecule has 0 heterocycles. The Hall–Kier alpha value is -0.340. The van der Waals surface area contributed by atoms with Crippen molar-refractivity contribution in [3.63, 3.8) is 0 Å². The first-order valence-electron chi connectivity index (χ1n) is 6.43. The molecule has 2 nitrogen and oxygen atoms in total. The van der Waals surface area contributed by atoms with Gasteiger partial charge in [0.15, 0.2) is 0 Å². The Balaban J connectivity index is 2.41. The van der Waals surface area contributed by atoms with Gasteiger partial charge in [-0.3, -0.25) is 0 Å². The standard InChI is InChI=1S/C14H26O2/c1-10(2)9-15-16-14-8-12(5)6-7-13(14)11(3)4/h11-14H,1,6-9H2,2-5H3. The predicted octanol–water partition coefficient (Wildman–Crippen LogP) is 3.97. The molecule has 0 radical (unpaired) electrons. The van der Waals surface area contributed by atoms with Gasteiger partial charge < -0.3 is 0 Å². The van der Waals surface area contributed by atoms with E-state index in [-0.39, 0.29) is 6.10 Å². The van der Waals surface area contributed by atoms with E-state index in [1.807, 2.05) is 6.92 Å². The van der Waals surface area contributed by atoms with Crippen LogP contribution in [0.1, 0.15) is 47.0 Å². The van der Waals surface area contributed by atoms with Crippen LogP contribution in [0.5, 0.6) is 0 Å². The van der Waals surface area contributed by atoms with Crippen LogP contribution < -0.4 is 0 Å². The highest BCUT2D eigenvalue weighted by molar-refractivity contribution is 4.87. The van der Waals surface area contributed by atoms with Crippen LogP contribution in [-0.2, 0) is 9.78 Å². The van der Waals surface area contributed by atoms with Crippen molar-refractivity contribution < 1.29 is 9.78 Å². The van der Waals surface area contributed by atoms with Gasteiger partial charge in [-0.05, 0) is 37.5 Å². The van der Waals surface area contributed by atoms with E-state index >= 15 is 0 Å². The molecular weight excluding hydrogens is 200 g/mol. The molecule has 0 amide bonds. The fraction of sp³-hybridized carbons (Fsp3) is 0.857. The van der Waals surface area contributed by atoms with Crippen LogP contribution >= 0.6 is 0 Å². The highest BCUT2D eigenvalue weighted by atomic mass is 17.2. The molecule has 0 aliphatic heterocycles. The van der Waals surface area contributed by atoms with Crippen molar-refractivity contribution in [1.82, 2.24) is 0 Å². The zero-order valence-electron chi connectivity index (χ0n) is 11.2. The molecule has 0 spiro atoms. The first kappa shape index (κ1) is 13.7. The molecule has 1 fully saturated rings. The number of rotatable bonds is 5. The lowest BCUT2D eigenvalue weighted by Gasteiger charge is -2.36. The van der Waals surface area contributed by atoms with Crippen molar-refractivity contribution >= 4 is 0 Å². The van der Waals surface area contributed by atoms with E-state index in [1.54, 1.807) is 0 Å². The second-order valence-electron chi connectivity index (χ2n) is 5.68. The van der Waals surface area contributed by atoms with Crippen molar-refractivity contribution in [1.29, 1.82) is 0 Å². The molecule has 0 aromatic carbocycles. The zero-order chi connectivity index (χ0) is 12.1. The van der Waals surface area contributed by atoms with Gasteiger partial charge in [0, 0.05) is 0 Å². The molecule has 0 aromatic heterocycles. The maximum absolute atomic E-state index is 5.58. The molecule has 3 unspecified atom stereocenters. The van der Waals surface area contributed by atoms with Crippen LogP contribution in [0.3, 0.4) is 0 Å². The van der Waals surface area contributed by atoms with E-state index in [0.717, 1.165) is 17.9 Å². The monoisotopic (exact) mass is 226 g/mol. The minimum atomic E-state index is 0.267. The average Bonchev–Trinajstić information content (AvgIpc) is 2.16. The lowest BCUT2D eigenvalue weighted by atomic mass is 9.75. The maximum atomic E-state index is 5.58. The molecule has 0 aromatic rings. The summed E-state index contributed by atoms with van der Waals surface area (Å²) in [5.74, 6) is 2.07. The Kier molecular flexibility index (Phi) is 5.50. The minimum absolute atomic E-state index is 0.267. The summed E-state index contributed by atoms with van der Waals surface area (Å²) < 4.78 is 0. The SMILES string of the molecule is C=C(C)COOC1CC(C)CCC1C(C)C. The van der Waals surface area contributed by atoms with Gasteiger partial charge in [-0.25, -0.2) is 9.78 Å². The van der Waals surface area contributed by atoms with E-state index in [1.165, 1.54) is 12.8 Å². The molecule has 94 valence electrons. The van der Waals surface area contributed by atoms with Crippen LogP contribution in [0.25, 0.3) is 0 Å². The third kappa shape index (κ3) is 4.26. The van der Waals surface area contributed by atoms with Crippen LogP contribution in [-0.4, -0.2) is 12.7 Å². The Morgan fingerprint density at radius 2 is 2.06 bits per heavy atom. The lowest BCUT2D eigenvalue weighted by Crippen LogP contribution is -2.34. The van der Waals surface area contributed by atoms with Crippen molar-refractivity contribution in [2.75, 3.05) is 6.61 Å². The average molecular weight is 226 g/mol. The Bertz CT molecular complexity index is 223. The molecule has 0 saturated heterocycles. The molecule has 1 aliphatic carbocycles. The molecule has 1 rings (SSSR count). The van der Waals surface area contributed by atoms with Crippen LogP contribution in [0.4, 0.5) is 0 Å². The third-order valence-electron chi connectivity index (χ3n) is 3.46. The van der Waals surface area contributed by atoms with Gasteiger partial charge in [-0.2, -0.15) is 0 Å². The summed E-state index contributed by atoms with van der Waals surface area (Å²) in [7, 11) is 0. The van der Waals surface area contributed by atoms with Gasteiger partial charge in [-0.1, -0.05) is 39.3 Å². The molecule has 1 aliphatic rings. The van der Waals surface area contributed by atoms with Crippen molar-refractivity contribution in [3.05, 3.63) is 12.2 Å². The summed E-state index contributed by atoms with van der Waals surface area (Å²) in [5.41, 5.74) is 1.00. The van der Waals surface area contributed by atoms with Crippen molar-refractivity contribution in [2.45, 2.75) is 53.1 Å². The number of hydrogen-bond acceptors (Lipinski definition) is 2. The first-order valence-corrected chi connectivity index (χ1v) is 6.43. The topological polar surface area (TPSA) is 18.5 Å². The van der Waals surface area contributed by atoms with E-state index in [4.69, 9.17) is 9.78 Å². The minimum Gasteiger partial charge on any atom is -0.233 e. The maximum Gasteiger partial charge on any atom is 0.103 e. The quantitative estimate of drug-likeness (QED) is 0.401. The highest BCUT2D eigenvalue weighted by Crippen LogP contribution is 2.35. The summed E-state index contributed by atoms with van der Waals surface area (Å²) in [5, 5.41) is 0. The van der Waals surface area contributed by atoms with Gasteiger partial charge in [-0.15, -0.1) is 0 Å². The smallest absolute Gasteiger partial charge is 0.103 e. The number of hydrogen-bond donors (Lipinski definition) is 0. The summed E-state index contributed by atoms with van der Waals surface area (Å²) in [6, 6.07) is 0. The molecule has 1 saturated carbocycles. The van der Waals surface area contributed by atoms with Crippen LogP contribution in [0.2, 0.25) is 0 Å². The second-order valence-corrected chi connectivity index (χ2v) is 5.68. The van der Waals surface area contributed by atoms with Gasteiger partial charge in [0.25, 0.3) is 0 Å². The van der Waals surface area contributed by atoms with E-state index < -0.39 is 0 Å². The summed E-state index contributed by atoms with van der Waals surface area (Å²) in [6.07, 6.45) is 3.98. The fourth-order valence-electron chi connectivity index (χ4n) is 2.45. The van der Waals surface area contributed by atoms with Crippen LogP contribution in [0.15, 0.2) is 12.2 Å². The van der Waals surface area contributed by atoms with Gasteiger partial charge in [0.1, 0.15) is 6.61 Å². The highest BCUT2D eigenvalue weighted by Gasteiger charge is 2.32. The van der Waals surface area contributed by atoms with Gasteiger partial charge >= 0.3 is 0 Å². The van der Waals surface area contributed by atoms with E-state index in [9.17, 15) is 0 Å². The summed E-state index contributed by atoms with van der Waals surface area (Å²) >= 11 is 0. The summed E-state index contributed by atoms with van der Waals surface area (Å²) in [6.45, 7) is 13.1.